The minimum atomic E-state index is -1.17. The fraction of sp³-hybridized carbons (Fsp3) is 0.400. The third-order valence-electron chi connectivity index (χ3n) is 6.73. The summed E-state index contributed by atoms with van der Waals surface area (Å²) < 4.78 is 43.5. The Balaban J connectivity index is 1.36. The first-order chi connectivity index (χ1) is 17.6. The summed E-state index contributed by atoms with van der Waals surface area (Å²) in [4.78, 5) is 38.4. The molecule has 3 fully saturated rings. The van der Waals surface area contributed by atoms with E-state index in [4.69, 9.17) is 37.4 Å². The maximum atomic E-state index is 13.6. The molecular weight excluding hydrogens is 533 g/mol. The van der Waals surface area contributed by atoms with Crippen LogP contribution < -0.4 is 20.1 Å². The van der Waals surface area contributed by atoms with Crippen LogP contribution in [0.15, 0.2) is 36.4 Å². The number of nitrogens with one attached hydrogen (secondary N) is 2. The zero-order valence-corrected chi connectivity index (χ0v) is 21.3. The number of methoxy groups -OCH3 is 1. The number of ketones is 1. The van der Waals surface area contributed by atoms with Gasteiger partial charge in [0.25, 0.3) is 11.8 Å². The lowest BCUT2D eigenvalue weighted by atomic mass is 9.59. The first kappa shape index (κ1) is 27.1. The lowest BCUT2D eigenvalue weighted by Crippen LogP contribution is -2.74. The van der Waals surface area contributed by atoms with Gasteiger partial charge in [-0.1, -0.05) is 23.2 Å². The Morgan fingerprint density at radius 3 is 1.97 bits per heavy atom. The Kier molecular flexibility index (Phi) is 7.91. The SMILES string of the molecule is CO[C@@H]1C[C@]2(NC(=O)COc3ccc(Cl)c(F)c3)CC[C@@]1(NC(=O)COc1ccc(Cl)c(F)c1)CC2=O. The Bertz CT molecular complexity index is 1230. The first-order valence-corrected chi connectivity index (χ1v) is 12.2. The molecule has 2 bridgehead atoms. The number of benzene rings is 2. The van der Waals surface area contributed by atoms with Crippen LogP contribution in [0.4, 0.5) is 8.78 Å². The summed E-state index contributed by atoms with van der Waals surface area (Å²) in [6.07, 6.45) is 0.157. The average Bonchev–Trinajstić information content (AvgIpc) is 2.86. The molecule has 0 aromatic heterocycles. The van der Waals surface area contributed by atoms with E-state index in [9.17, 15) is 23.2 Å². The van der Waals surface area contributed by atoms with Gasteiger partial charge in [-0.25, -0.2) is 8.78 Å². The molecule has 12 heteroatoms. The van der Waals surface area contributed by atoms with Crippen LogP contribution in [0.25, 0.3) is 0 Å². The normalized spacial score (nSPS) is 24.5. The van der Waals surface area contributed by atoms with Gasteiger partial charge in [-0.3, -0.25) is 14.4 Å². The predicted molar refractivity (Wildman–Crippen MR) is 130 cm³/mol. The predicted octanol–water partition coefficient (Wildman–Crippen LogP) is 3.61. The van der Waals surface area contributed by atoms with Crippen molar-refractivity contribution in [2.75, 3.05) is 20.3 Å². The summed E-state index contributed by atoms with van der Waals surface area (Å²) in [5, 5.41) is 5.48. The smallest absolute Gasteiger partial charge is 0.258 e. The minimum absolute atomic E-state index is 0.0592. The van der Waals surface area contributed by atoms with Crippen molar-refractivity contribution in [1.82, 2.24) is 10.6 Å². The lowest BCUT2D eigenvalue weighted by molar-refractivity contribution is -0.154. The molecule has 198 valence electrons. The first-order valence-electron chi connectivity index (χ1n) is 11.4. The molecule has 2 N–H and O–H groups in total. The van der Waals surface area contributed by atoms with Crippen LogP contribution in [0.5, 0.6) is 11.5 Å². The largest absolute Gasteiger partial charge is 0.484 e. The number of rotatable bonds is 9. The molecule has 37 heavy (non-hydrogen) atoms. The molecule has 3 aliphatic rings. The van der Waals surface area contributed by atoms with Crippen molar-refractivity contribution in [3.05, 3.63) is 58.1 Å². The number of ether oxygens (including phenoxy) is 3. The van der Waals surface area contributed by atoms with Crippen molar-refractivity contribution in [2.45, 2.75) is 42.9 Å². The van der Waals surface area contributed by atoms with E-state index in [1.807, 2.05) is 0 Å². The van der Waals surface area contributed by atoms with Gasteiger partial charge in [-0.15, -0.1) is 0 Å². The highest BCUT2D eigenvalue weighted by Gasteiger charge is 2.60. The van der Waals surface area contributed by atoms with Crippen molar-refractivity contribution in [3.8, 4) is 11.5 Å². The maximum Gasteiger partial charge on any atom is 0.258 e. The van der Waals surface area contributed by atoms with E-state index in [1.54, 1.807) is 0 Å². The van der Waals surface area contributed by atoms with Gasteiger partial charge in [-0.05, 0) is 37.1 Å². The van der Waals surface area contributed by atoms with Crippen molar-refractivity contribution in [1.29, 1.82) is 0 Å². The number of carbonyl (C=O) groups is 3. The Labute approximate surface area is 221 Å². The van der Waals surface area contributed by atoms with Crippen LogP contribution >= 0.6 is 23.2 Å². The average molecular weight is 557 g/mol. The number of amides is 2. The maximum absolute atomic E-state index is 13.6. The number of Topliss-reactive ketones (excluding diaryl/α,β-unsaturated/α-hetero) is 1. The highest BCUT2D eigenvalue weighted by molar-refractivity contribution is 6.31. The number of hydrogen-bond acceptors (Lipinski definition) is 6. The van der Waals surface area contributed by atoms with E-state index in [0.717, 1.165) is 12.1 Å². The number of hydrogen-bond donors (Lipinski definition) is 2. The number of fused-ring (bicyclic) bond motifs is 3. The van der Waals surface area contributed by atoms with E-state index in [0.29, 0.717) is 6.42 Å². The van der Waals surface area contributed by atoms with Gasteiger partial charge in [0, 0.05) is 32.1 Å². The van der Waals surface area contributed by atoms with Crippen LogP contribution in [-0.2, 0) is 19.1 Å². The Hall–Kier alpha value is -2.95. The Morgan fingerprint density at radius 1 is 0.946 bits per heavy atom. The van der Waals surface area contributed by atoms with Crippen molar-refractivity contribution >= 4 is 40.8 Å². The van der Waals surface area contributed by atoms with E-state index in [1.165, 1.54) is 31.4 Å². The molecule has 3 saturated carbocycles. The molecule has 2 aromatic carbocycles. The summed E-state index contributed by atoms with van der Waals surface area (Å²) >= 11 is 11.3. The van der Waals surface area contributed by atoms with Crippen LogP contribution in [0, 0.1) is 11.6 Å². The molecule has 0 saturated heterocycles. The van der Waals surface area contributed by atoms with Gasteiger partial charge in [0.15, 0.2) is 19.0 Å². The molecule has 0 unspecified atom stereocenters. The molecule has 0 heterocycles. The van der Waals surface area contributed by atoms with Crippen molar-refractivity contribution < 1.29 is 37.4 Å². The van der Waals surface area contributed by atoms with E-state index >= 15 is 0 Å². The summed E-state index contributed by atoms with van der Waals surface area (Å²) in [7, 11) is 1.46. The lowest BCUT2D eigenvalue weighted by Gasteiger charge is -2.55. The fourth-order valence-corrected chi connectivity index (χ4v) is 5.08. The second kappa shape index (κ2) is 10.8. The molecule has 0 aliphatic heterocycles. The van der Waals surface area contributed by atoms with Crippen LogP contribution in [0.3, 0.4) is 0 Å². The topological polar surface area (TPSA) is 103 Å². The van der Waals surface area contributed by atoms with E-state index in [2.05, 4.69) is 10.6 Å². The van der Waals surface area contributed by atoms with Gasteiger partial charge in [0.05, 0.1) is 21.7 Å². The summed E-state index contributed by atoms with van der Waals surface area (Å²) in [6, 6.07) is 7.62. The van der Waals surface area contributed by atoms with Crippen LogP contribution in [-0.4, -0.2) is 55.1 Å². The molecule has 2 aromatic rings. The van der Waals surface area contributed by atoms with Gasteiger partial charge < -0.3 is 24.8 Å². The van der Waals surface area contributed by atoms with E-state index < -0.39 is 53.8 Å². The second-order valence-electron chi connectivity index (χ2n) is 9.09. The summed E-state index contributed by atoms with van der Waals surface area (Å²) in [5.74, 6) is -2.42. The molecule has 3 aliphatic carbocycles. The zero-order chi connectivity index (χ0) is 26.8. The van der Waals surface area contributed by atoms with Gasteiger partial charge in [-0.2, -0.15) is 0 Å². The third kappa shape index (κ3) is 5.81. The standard InChI is InChI=1S/C25H24Cl2F2N2O6/c1-35-21-11-24(30-22(33)12-36-14-2-4-16(26)18(28)8-14)6-7-25(21,10-20(24)32)31-23(34)13-37-15-3-5-17(27)19(29)9-15/h2-5,8-9,21H,6-7,10-13H2,1H3,(H,30,33)(H,31,34)/t21-,24-,25-/m1/s1. The highest BCUT2D eigenvalue weighted by Crippen LogP contribution is 2.46. The fourth-order valence-electron chi connectivity index (χ4n) is 4.85. The van der Waals surface area contributed by atoms with Gasteiger partial charge >= 0.3 is 0 Å². The highest BCUT2D eigenvalue weighted by atomic mass is 35.5. The molecular formula is C25H24Cl2F2N2O6. The summed E-state index contributed by atoms with van der Waals surface area (Å²) in [5.41, 5.74) is -2.14. The second-order valence-corrected chi connectivity index (χ2v) is 9.91. The van der Waals surface area contributed by atoms with Crippen molar-refractivity contribution in [2.24, 2.45) is 0 Å². The zero-order valence-electron chi connectivity index (χ0n) is 19.7. The van der Waals surface area contributed by atoms with E-state index in [-0.39, 0.29) is 46.6 Å². The molecule has 5 rings (SSSR count). The molecule has 2 amide bonds. The monoisotopic (exact) mass is 556 g/mol. The van der Waals surface area contributed by atoms with Crippen LogP contribution in [0.2, 0.25) is 10.0 Å². The van der Waals surface area contributed by atoms with Gasteiger partial charge in [0.1, 0.15) is 28.7 Å². The molecule has 3 atom stereocenters. The minimum Gasteiger partial charge on any atom is -0.484 e. The quantitative estimate of drug-likeness (QED) is 0.489. The summed E-state index contributed by atoms with van der Waals surface area (Å²) in [6.45, 7) is -0.837. The molecule has 8 nitrogen and oxygen atoms in total. The number of carbonyl (C=O) groups excluding carboxylic acids is 3. The van der Waals surface area contributed by atoms with Crippen LogP contribution in [0.1, 0.15) is 25.7 Å². The molecule has 0 radical (unpaired) electrons. The van der Waals surface area contributed by atoms with Gasteiger partial charge in [0.2, 0.25) is 0 Å². The van der Waals surface area contributed by atoms with Crippen molar-refractivity contribution in [3.63, 3.8) is 0 Å². The number of halogens is 4. The Morgan fingerprint density at radius 2 is 1.49 bits per heavy atom. The third-order valence-corrected chi connectivity index (χ3v) is 7.34. The molecule has 0 spiro atoms.